The first kappa shape index (κ1) is 13.6. The third-order valence-corrected chi connectivity index (χ3v) is 3.96. The van der Waals surface area contributed by atoms with Gasteiger partial charge in [0.1, 0.15) is 10.8 Å². The van der Waals surface area contributed by atoms with Crippen molar-refractivity contribution in [3.05, 3.63) is 34.8 Å². The van der Waals surface area contributed by atoms with Crippen LogP contribution in [-0.2, 0) is 6.42 Å². The Hall–Kier alpha value is -1.86. The summed E-state index contributed by atoms with van der Waals surface area (Å²) in [6, 6.07) is 10.0. The minimum Gasteiger partial charge on any atom is -0.496 e. The minimum absolute atomic E-state index is 0.322. The maximum atomic E-state index is 8.91. The van der Waals surface area contributed by atoms with Crippen molar-refractivity contribution in [1.82, 2.24) is 4.98 Å². The molecule has 4 heteroatoms. The molecule has 0 atom stereocenters. The van der Waals surface area contributed by atoms with E-state index in [2.05, 4.69) is 19.9 Å². The first-order chi connectivity index (χ1) is 9.17. The van der Waals surface area contributed by atoms with Crippen LogP contribution in [0.1, 0.15) is 30.3 Å². The molecule has 1 heterocycles. The lowest BCUT2D eigenvalue weighted by molar-refractivity contribution is 0.416. The average molecular weight is 272 g/mol. The monoisotopic (exact) mass is 272 g/mol. The van der Waals surface area contributed by atoms with Gasteiger partial charge in [-0.3, -0.25) is 0 Å². The molecule has 1 aromatic carbocycles. The highest BCUT2D eigenvalue weighted by molar-refractivity contribution is 7.15. The van der Waals surface area contributed by atoms with Crippen molar-refractivity contribution in [2.24, 2.45) is 0 Å². The standard InChI is InChI=1S/C15H16N2OS/c1-10(2)14-13(8-9-16)19-15(17-14)11-6-4-5-7-12(11)18-3/h4-7,10H,8H2,1-3H3. The van der Waals surface area contributed by atoms with Crippen LogP contribution in [0, 0.1) is 11.3 Å². The topological polar surface area (TPSA) is 45.9 Å². The predicted molar refractivity (Wildman–Crippen MR) is 77.5 cm³/mol. The molecule has 0 bridgehead atoms. The second kappa shape index (κ2) is 5.85. The number of ether oxygens (including phenoxy) is 1. The maximum absolute atomic E-state index is 8.91. The molecule has 0 aliphatic carbocycles. The number of nitrogens with zero attached hydrogens (tertiary/aromatic N) is 2. The molecule has 2 aromatic rings. The smallest absolute Gasteiger partial charge is 0.129 e. The predicted octanol–water partition coefficient (Wildman–Crippen LogP) is 4.01. The lowest BCUT2D eigenvalue weighted by Gasteiger charge is -2.04. The van der Waals surface area contributed by atoms with Crippen LogP contribution >= 0.6 is 11.3 Å². The highest BCUT2D eigenvalue weighted by Gasteiger charge is 2.16. The fourth-order valence-corrected chi connectivity index (χ4v) is 3.13. The highest BCUT2D eigenvalue weighted by atomic mass is 32.1. The lowest BCUT2D eigenvalue weighted by Crippen LogP contribution is -1.93. The largest absolute Gasteiger partial charge is 0.496 e. The second-order valence-corrected chi connectivity index (χ2v) is 5.60. The number of aromatic nitrogens is 1. The number of hydrogen-bond donors (Lipinski definition) is 0. The molecule has 2 rings (SSSR count). The Kier molecular flexibility index (Phi) is 4.18. The Bertz CT molecular complexity index is 611. The molecule has 0 N–H and O–H groups in total. The fraction of sp³-hybridized carbons (Fsp3) is 0.333. The fourth-order valence-electron chi connectivity index (χ4n) is 1.95. The van der Waals surface area contributed by atoms with Crippen molar-refractivity contribution in [1.29, 1.82) is 5.26 Å². The first-order valence-corrected chi connectivity index (χ1v) is 6.99. The van der Waals surface area contributed by atoms with Gasteiger partial charge in [0.25, 0.3) is 0 Å². The van der Waals surface area contributed by atoms with Crippen LogP contribution in [0.4, 0.5) is 0 Å². The van der Waals surface area contributed by atoms with Crippen LogP contribution in [0.15, 0.2) is 24.3 Å². The van der Waals surface area contributed by atoms with Crippen molar-refractivity contribution in [2.75, 3.05) is 7.11 Å². The summed E-state index contributed by atoms with van der Waals surface area (Å²) >= 11 is 1.58. The third kappa shape index (κ3) is 2.77. The maximum Gasteiger partial charge on any atom is 0.129 e. The van der Waals surface area contributed by atoms with Crippen LogP contribution < -0.4 is 4.74 Å². The van der Waals surface area contributed by atoms with Gasteiger partial charge in [-0.05, 0) is 18.1 Å². The summed E-state index contributed by atoms with van der Waals surface area (Å²) in [4.78, 5) is 5.75. The van der Waals surface area contributed by atoms with Crippen LogP contribution in [-0.4, -0.2) is 12.1 Å². The zero-order valence-electron chi connectivity index (χ0n) is 11.3. The van der Waals surface area contributed by atoms with Crippen LogP contribution in [0.5, 0.6) is 5.75 Å². The molecule has 0 spiro atoms. The Morgan fingerprint density at radius 3 is 2.74 bits per heavy atom. The van der Waals surface area contributed by atoms with E-state index in [-0.39, 0.29) is 0 Å². The molecule has 0 unspecified atom stereocenters. The average Bonchev–Trinajstić information content (AvgIpc) is 2.83. The molecule has 0 saturated carbocycles. The van der Waals surface area contributed by atoms with Gasteiger partial charge in [0.15, 0.2) is 0 Å². The molecule has 19 heavy (non-hydrogen) atoms. The Labute approximate surface area is 117 Å². The number of nitriles is 1. The molecule has 0 aliphatic rings. The summed E-state index contributed by atoms with van der Waals surface area (Å²) in [5.74, 6) is 1.14. The molecule has 1 aromatic heterocycles. The van der Waals surface area contributed by atoms with Crippen molar-refractivity contribution < 1.29 is 4.74 Å². The number of para-hydroxylation sites is 1. The van der Waals surface area contributed by atoms with E-state index in [9.17, 15) is 0 Å². The van der Waals surface area contributed by atoms with Crippen LogP contribution in [0.25, 0.3) is 10.6 Å². The van der Waals surface area contributed by atoms with E-state index in [4.69, 9.17) is 15.0 Å². The molecule has 0 amide bonds. The summed E-state index contributed by atoms with van der Waals surface area (Å²) in [5, 5.41) is 9.83. The number of thiazole rings is 1. The SMILES string of the molecule is COc1ccccc1-c1nc(C(C)C)c(CC#N)s1. The van der Waals surface area contributed by atoms with Gasteiger partial charge in [0, 0.05) is 4.88 Å². The summed E-state index contributed by atoms with van der Waals surface area (Å²) in [6.45, 7) is 4.20. The number of rotatable bonds is 4. The molecular weight excluding hydrogens is 256 g/mol. The van der Waals surface area contributed by atoms with Crippen molar-refractivity contribution in [3.8, 4) is 22.4 Å². The molecule has 98 valence electrons. The van der Waals surface area contributed by atoms with E-state index in [0.29, 0.717) is 12.3 Å². The van der Waals surface area contributed by atoms with Gasteiger partial charge in [-0.1, -0.05) is 26.0 Å². The molecule has 0 saturated heterocycles. The van der Waals surface area contributed by atoms with Crippen molar-refractivity contribution in [3.63, 3.8) is 0 Å². The molecule has 0 fully saturated rings. The minimum atomic E-state index is 0.322. The third-order valence-electron chi connectivity index (χ3n) is 2.85. The Morgan fingerprint density at radius 2 is 2.11 bits per heavy atom. The summed E-state index contributed by atoms with van der Waals surface area (Å²) in [6.07, 6.45) is 0.417. The molecule has 0 aliphatic heterocycles. The van der Waals surface area contributed by atoms with Gasteiger partial charge in [-0.15, -0.1) is 11.3 Å². The van der Waals surface area contributed by atoms with E-state index in [1.54, 1.807) is 18.4 Å². The zero-order chi connectivity index (χ0) is 13.8. The van der Waals surface area contributed by atoms with Crippen molar-refractivity contribution in [2.45, 2.75) is 26.2 Å². The quantitative estimate of drug-likeness (QED) is 0.844. The molecular formula is C15H16N2OS. The van der Waals surface area contributed by atoms with E-state index < -0.39 is 0 Å². The number of hydrogen-bond acceptors (Lipinski definition) is 4. The zero-order valence-corrected chi connectivity index (χ0v) is 12.1. The molecule has 3 nitrogen and oxygen atoms in total. The highest BCUT2D eigenvalue weighted by Crippen LogP contribution is 2.36. The van der Waals surface area contributed by atoms with Crippen LogP contribution in [0.2, 0.25) is 0 Å². The van der Waals surface area contributed by atoms with E-state index >= 15 is 0 Å². The number of methoxy groups -OCH3 is 1. The van der Waals surface area contributed by atoms with Gasteiger partial charge in [0.2, 0.25) is 0 Å². The van der Waals surface area contributed by atoms with E-state index in [1.165, 1.54) is 0 Å². The second-order valence-electron chi connectivity index (χ2n) is 4.52. The van der Waals surface area contributed by atoms with Crippen molar-refractivity contribution >= 4 is 11.3 Å². The van der Waals surface area contributed by atoms with Gasteiger partial charge in [-0.2, -0.15) is 5.26 Å². The Morgan fingerprint density at radius 1 is 1.37 bits per heavy atom. The van der Waals surface area contributed by atoms with Gasteiger partial charge >= 0.3 is 0 Å². The summed E-state index contributed by atoms with van der Waals surface area (Å²) in [7, 11) is 1.66. The van der Waals surface area contributed by atoms with Crippen LogP contribution in [0.3, 0.4) is 0 Å². The normalized spacial score (nSPS) is 10.5. The van der Waals surface area contributed by atoms with E-state index in [1.807, 2.05) is 24.3 Å². The number of benzene rings is 1. The van der Waals surface area contributed by atoms with Gasteiger partial charge < -0.3 is 4.74 Å². The van der Waals surface area contributed by atoms with E-state index in [0.717, 1.165) is 26.9 Å². The van der Waals surface area contributed by atoms with Gasteiger partial charge in [0.05, 0.1) is 30.9 Å². The van der Waals surface area contributed by atoms with Gasteiger partial charge in [-0.25, -0.2) is 4.98 Å². The first-order valence-electron chi connectivity index (χ1n) is 6.17. The summed E-state index contributed by atoms with van der Waals surface area (Å²) in [5.41, 5.74) is 2.01. The lowest BCUT2D eigenvalue weighted by atomic mass is 10.1. The summed E-state index contributed by atoms with van der Waals surface area (Å²) < 4.78 is 5.37. The Balaban J connectivity index is 2.51. The molecule has 0 radical (unpaired) electrons.